The van der Waals surface area contributed by atoms with Crippen LogP contribution in [0.1, 0.15) is 162 Å². The second-order valence-electron chi connectivity index (χ2n) is 16.5. The summed E-state index contributed by atoms with van der Waals surface area (Å²) >= 11 is 0. The van der Waals surface area contributed by atoms with E-state index in [4.69, 9.17) is 9.05 Å². The number of allylic oxidation sites excluding steroid dienone is 14. The van der Waals surface area contributed by atoms with Crippen LogP contribution in [-0.2, 0) is 18.4 Å². The number of phosphoric ester groups is 1. The van der Waals surface area contributed by atoms with Gasteiger partial charge in [0, 0.05) is 6.42 Å². The van der Waals surface area contributed by atoms with Gasteiger partial charge >= 0.3 is 0 Å². The number of aliphatic hydroxyl groups excluding tert-OH is 2. The van der Waals surface area contributed by atoms with E-state index in [1.165, 1.54) is 51.4 Å². The molecule has 3 N–H and O–H groups in total. The minimum Gasteiger partial charge on any atom is -0.756 e. The second-order valence-corrected chi connectivity index (χ2v) is 17.9. The lowest BCUT2D eigenvalue weighted by atomic mass is 9.99. The first-order chi connectivity index (χ1) is 28.4. The van der Waals surface area contributed by atoms with Gasteiger partial charge in [-0.3, -0.25) is 9.36 Å². The van der Waals surface area contributed by atoms with Crippen LogP contribution in [0.3, 0.4) is 0 Å². The van der Waals surface area contributed by atoms with Crippen LogP contribution in [0.4, 0.5) is 0 Å². The lowest BCUT2D eigenvalue weighted by Crippen LogP contribution is -2.51. The molecule has 0 aromatic rings. The molecule has 9 nitrogen and oxygen atoms in total. The maximum Gasteiger partial charge on any atom is 0.268 e. The van der Waals surface area contributed by atoms with Gasteiger partial charge in [-0.25, -0.2) is 0 Å². The van der Waals surface area contributed by atoms with Crippen LogP contribution in [0.15, 0.2) is 85.1 Å². The lowest BCUT2D eigenvalue weighted by Gasteiger charge is -2.31. The topological polar surface area (TPSA) is 128 Å². The van der Waals surface area contributed by atoms with Crippen molar-refractivity contribution in [1.29, 1.82) is 0 Å². The number of carbonyl (C=O) groups excluding carboxylic acids is 1. The highest BCUT2D eigenvalue weighted by atomic mass is 31.2. The average molecular weight is 847 g/mol. The molecule has 10 heteroatoms. The Bertz CT molecular complexity index is 1250. The molecule has 0 spiro atoms. The first-order valence-electron chi connectivity index (χ1n) is 23.0. The number of nitrogens with zero attached hydrogens (tertiary/aromatic N) is 1. The third kappa shape index (κ3) is 40.8. The molecule has 0 saturated carbocycles. The number of aliphatic hydroxyl groups is 2. The van der Waals surface area contributed by atoms with Crippen LogP contribution < -0.4 is 10.2 Å². The van der Waals surface area contributed by atoms with Crippen molar-refractivity contribution >= 4 is 13.7 Å². The number of hydrogen-bond acceptors (Lipinski definition) is 7. The molecule has 0 radical (unpaired) electrons. The van der Waals surface area contributed by atoms with Crippen molar-refractivity contribution in [3.63, 3.8) is 0 Å². The highest BCUT2D eigenvalue weighted by Gasteiger charge is 2.29. The van der Waals surface area contributed by atoms with E-state index in [1.54, 1.807) is 0 Å². The summed E-state index contributed by atoms with van der Waals surface area (Å²) in [6.07, 6.45) is 50.6. The van der Waals surface area contributed by atoms with Crippen LogP contribution in [0.5, 0.6) is 0 Å². The third-order valence-electron chi connectivity index (χ3n) is 9.74. The molecule has 0 fully saturated rings. The van der Waals surface area contributed by atoms with Crippen molar-refractivity contribution < 1.29 is 38.0 Å². The number of phosphoric acid groups is 1. The van der Waals surface area contributed by atoms with E-state index >= 15 is 0 Å². The second kappa shape index (κ2) is 39.8. The van der Waals surface area contributed by atoms with Gasteiger partial charge in [0.1, 0.15) is 19.3 Å². The van der Waals surface area contributed by atoms with E-state index in [0.717, 1.165) is 70.6 Å². The molecule has 0 aromatic heterocycles. The fraction of sp³-hybridized carbons (Fsp3) is 0.694. The van der Waals surface area contributed by atoms with Crippen LogP contribution in [0.25, 0.3) is 0 Å². The van der Waals surface area contributed by atoms with Crippen molar-refractivity contribution in [2.75, 3.05) is 40.9 Å². The van der Waals surface area contributed by atoms with E-state index < -0.39 is 32.7 Å². The molecule has 0 aliphatic rings. The Kier molecular flexibility index (Phi) is 38.2. The zero-order valence-corrected chi connectivity index (χ0v) is 38.9. The van der Waals surface area contributed by atoms with E-state index in [1.807, 2.05) is 27.2 Å². The number of rotatable bonds is 40. The van der Waals surface area contributed by atoms with E-state index in [2.05, 4.69) is 98.2 Å². The molecular weight excluding hydrogens is 760 g/mol. The molecule has 340 valence electrons. The summed E-state index contributed by atoms with van der Waals surface area (Å²) < 4.78 is 23.1. The highest BCUT2D eigenvalue weighted by Crippen LogP contribution is 2.38. The van der Waals surface area contributed by atoms with Gasteiger partial charge in [-0.1, -0.05) is 176 Å². The van der Waals surface area contributed by atoms with Crippen molar-refractivity contribution in [2.45, 2.75) is 180 Å². The smallest absolute Gasteiger partial charge is 0.268 e. The number of quaternary nitrogens is 1. The molecule has 0 heterocycles. The van der Waals surface area contributed by atoms with Crippen LogP contribution >= 0.6 is 7.82 Å². The summed E-state index contributed by atoms with van der Waals surface area (Å²) in [4.78, 5) is 25.4. The Hall–Kier alpha value is -2.36. The summed E-state index contributed by atoms with van der Waals surface area (Å²) in [5.41, 5.74) is 0. The normalized spacial score (nSPS) is 15.6. The Morgan fingerprint density at radius 1 is 0.627 bits per heavy atom. The minimum absolute atomic E-state index is 0.0565. The summed E-state index contributed by atoms with van der Waals surface area (Å²) in [5.74, 6) is -0.341. The summed E-state index contributed by atoms with van der Waals surface area (Å²) in [5, 5.41) is 24.6. The largest absolute Gasteiger partial charge is 0.756 e. The van der Waals surface area contributed by atoms with E-state index in [0.29, 0.717) is 30.3 Å². The summed E-state index contributed by atoms with van der Waals surface area (Å²) in [6, 6.07) is -1.11. The van der Waals surface area contributed by atoms with Crippen LogP contribution in [0, 0.1) is 0 Å². The fourth-order valence-corrected chi connectivity index (χ4v) is 6.79. The SMILES string of the molecule is CC/C=C\C/C=C\C/C=C\C/C=C\C/C=C\C/C=C\C/C=C\CCCC(=O)NC(COP(=O)([O-])OCC[N+](C)(C)C)C(O)C(O)CCCCCCCCCCCCCC. The molecule has 0 aliphatic heterocycles. The number of hydrogen-bond donors (Lipinski definition) is 3. The lowest BCUT2D eigenvalue weighted by molar-refractivity contribution is -0.870. The number of likely N-dealkylation sites (N-methyl/N-ethyl adjacent to an activating group) is 1. The van der Waals surface area contributed by atoms with Gasteiger partial charge < -0.3 is 34.0 Å². The molecule has 4 unspecified atom stereocenters. The maximum absolute atomic E-state index is 12.9. The number of carbonyl (C=O) groups is 1. The van der Waals surface area contributed by atoms with Crippen LogP contribution in [-0.4, -0.2) is 79.8 Å². The summed E-state index contributed by atoms with van der Waals surface area (Å²) in [7, 11) is 1.07. The average Bonchev–Trinajstić information content (AvgIpc) is 3.19. The number of nitrogens with one attached hydrogen (secondary N) is 1. The zero-order valence-electron chi connectivity index (χ0n) is 38.0. The van der Waals surface area contributed by atoms with Gasteiger partial charge in [-0.15, -0.1) is 0 Å². The molecule has 0 aliphatic carbocycles. The fourth-order valence-electron chi connectivity index (χ4n) is 6.06. The van der Waals surface area contributed by atoms with Crippen molar-refractivity contribution in [3.05, 3.63) is 85.1 Å². The standard InChI is InChI=1S/C49H87N2O7P/c1-6-8-10-12-14-16-18-20-21-22-23-24-25-26-27-28-29-30-32-34-36-38-40-42-48(53)50-46(45-58-59(55,56)57-44-43-51(3,4)5)49(54)47(52)41-39-37-35-33-31-19-17-15-13-11-9-7-2/h8,10,14,16,20-21,23-24,26-27,29-30,34,36,46-47,49,52,54H,6-7,9,11-13,15,17-19,22,25,28,31-33,35,37-45H2,1-5H3,(H-,50,53,55,56)/b10-8-,16-14-,21-20-,24-23-,27-26-,30-29-,36-34-. The summed E-state index contributed by atoms with van der Waals surface area (Å²) in [6.45, 7) is 4.25. The van der Waals surface area contributed by atoms with Crippen molar-refractivity contribution in [2.24, 2.45) is 0 Å². The maximum atomic E-state index is 12.9. The molecule has 1 amide bonds. The highest BCUT2D eigenvalue weighted by molar-refractivity contribution is 7.45. The van der Waals surface area contributed by atoms with E-state index in [9.17, 15) is 24.5 Å². The first-order valence-corrected chi connectivity index (χ1v) is 24.5. The predicted octanol–water partition coefficient (Wildman–Crippen LogP) is 11.3. The Morgan fingerprint density at radius 3 is 1.49 bits per heavy atom. The Labute approximate surface area is 361 Å². The molecule has 0 bridgehead atoms. The molecule has 4 atom stereocenters. The van der Waals surface area contributed by atoms with Crippen LogP contribution in [0.2, 0.25) is 0 Å². The number of amides is 1. The molecule has 0 rings (SSSR count). The van der Waals surface area contributed by atoms with E-state index in [-0.39, 0.29) is 18.9 Å². The monoisotopic (exact) mass is 847 g/mol. The minimum atomic E-state index is -4.69. The molecular formula is C49H87N2O7P. The van der Waals surface area contributed by atoms with Crippen molar-refractivity contribution in [3.8, 4) is 0 Å². The van der Waals surface area contributed by atoms with Gasteiger partial charge in [0.25, 0.3) is 7.82 Å². The van der Waals surface area contributed by atoms with Gasteiger partial charge in [0.05, 0.1) is 39.9 Å². The van der Waals surface area contributed by atoms with Gasteiger partial charge in [0.2, 0.25) is 5.91 Å². The molecule has 59 heavy (non-hydrogen) atoms. The Balaban J connectivity index is 4.58. The quantitative estimate of drug-likeness (QED) is 0.0242. The first kappa shape index (κ1) is 56.6. The molecule has 0 aromatic carbocycles. The Morgan fingerprint density at radius 2 is 1.05 bits per heavy atom. The van der Waals surface area contributed by atoms with Gasteiger partial charge in [0.15, 0.2) is 0 Å². The number of unbranched alkanes of at least 4 members (excludes halogenated alkanes) is 12. The third-order valence-corrected chi connectivity index (χ3v) is 10.7. The molecule has 0 saturated heterocycles. The van der Waals surface area contributed by atoms with Gasteiger partial charge in [-0.2, -0.15) is 0 Å². The van der Waals surface area contributed by atoms with Crippen molar-refractivity contribution in [1.82, 2.24) is 5.32 Å². The zero-order chi connectivity index (χ0) is 43.7. The predicted molar refractivity (Wildman–Crippen MR) is 248 cm³/mol. The van der Waals surface area contributed by atoms with Gasteiger partial charge in [-0.05, 0) is 64.2 Å².